The van der Waals surface area contributed by atoms with Crippen LogP contribution in [0.4, 0.5) is 45.1 Å². The van der Waals surface area contributed by atoms with E-state index in [-0.39, 0.29) is 42.1 Å². The predicted molar refractivity (Wildman–Crippen MR) is 217 cm³/mol. The van der Waals surface area contributed by atoms with E-state index in [9.17, 15) is 34.6 Å². The van der Waals surface area contributed by atoms with E-state index in [1.165, 1.54) is 14.2 Å². The van der Waals surface area contributed by atoms with Gasteiger partial charge >= 0.3 is 29.4 Å². The number of para-hydroxylation sites is 4. The minimum Gasteiger partial charge on any atom is -0.495 e. The fourth-order valence-electron chi connectivity index (χ4n) is 5.45. The average Bonchev–Trinajstić information content (AvgIpc) is 3.66. The SMILES string of the molecule is CCOC(=O)c1nc(Cl)nc(Nc2ccccc2OC)c1[N+](=O)[O-].CCOC(=O)c1nc(N[C@H]2CCN(C(=O)OC(C)(C)C)C2)nc(Nc2ccccc2OC)c1[N+](=O)[O-]. The number of ether oxygens (including phenoxy) is 5. The highest BCUT2D eigenvalue weighted by Crippen LogP contribution is 2.35. The minimum absolute atomic E-state index is 0.00545. The molecule has 1 atom stereocenters. The Morgan fingerprint density at radius 1 is 0.800 bits per heavy atom. The standard InChI is InChI=1S/C23H30N6O7.C14H13ClN4O5/c1-6-35-20(30)17-18(29(32)33)19(25-15-9-7-8-10-16(15)34-5)27-21(26-17)24-14-11-12-28(13-14)22(31)36-23(2,3)4;1-3-24-13(20)10-11(19(21)22)12(18-14(15)17-10)16-8-6-4-5-7-9(8)23-2/h7-10,14H,6,11-13H2,1-5H3,(H2,24,25,26,27);4-7H,3H2,1-2H3,(H,16,17,18)/t14-;/m0./s1. The first-order chi connectivity index (χ1) is 28.5. The van der Waals surface area contributed by atoms with Crippen LogP contribution in [0, 0.1) is 20.2 Å². The summed E-state index contributed by atoms with van der Waals surface area (Å²) in [7, 11) is 2.91. The summed E-state index contributed by atoms with van der Waals surface area (Å²) in [6, 6.07) is 13.2. The van der Waals surface area contributed by atoms with Gasteiger partial charge in [0.1, 0.15) is 17.1 Å². The number of rotatable bonds is 14. The van der Waals surface area contributed by atoms with Gasteiger partial charge in [-0.05, 0) is 76.9 Å². The number of hydrogen-bond donors (Lipinski definition) is 3. The van der Waals surface area contributed by atoms with Crippen LogP contribution in [0.2, 0.25) is 5.28 Å². The molecule has 4 aromatic rings. The molecule has 3 N–H and O–H groups in total. The second-order valence-corrected chi connectivity index (χ2v) is 13.6. The quantitative estimate of drug-likeness (QED) is 0.0391. The number of nitrogens with zero attached hydrogens (tertiary/aromatic N) is 7. The molecule has 0 aliphatic carbocycles. The molecule has 1 amide bonds. The zero-order chi connectivity index (χ0) is 44.1. The van der Waals surface area contributed by atoms with Crippen LogP contribution in [0.25, 0.3) is 0 Å². The third kappa shape index (κ3) is 12.0. The van der Waals surface area contributed by atoms with Gasteiger partial charge in [-0.25, -0.2) is 19.4 Å². The second kappa shape index (κ2) is 20.5. The van der Waals surface area contributed by atoms with Gasteiger partial charge in [0.15, 0.2) is 0 Å². The molecule has 320 valence electrons. The third-order valence-corrected chi connectivity index (χ3v) is 8.11. The lowest BCUT2D eigenvalue weighted by Crippen LogP contribution is -2.36. The number of likely N-dealkylation sites (tertiary alicyclic amines) is 1. The molecule has 0 radical (unpaired) electrons. The fraction of sp³-hybridized carbons (Fsp3) is 0.378. The molecule has 3 heterocycles. The Labute approximate surface area is 348 Å². The van der Waals surface area contributed by atoms with E-state index < -0.39 is 56.2 Å². The summed E-state index contributed by atoms with van der Waals surface area (Å²) in [6.45, 7) is 9.30. The lowest BCUT2D eigenvalue weighted by molar-refractivity contribution is -0.384. The van der Waals surface area contributed by atoms with Crippen molar-refractivity contribution < 1.29 is 47.9 Å². The summed E-state index contributed by atoms with van der Waals surface area (Å²) >= 11 is 5.79. The molecule has 1 aliphatic rings. The summed E-state index contributed by atoms with van der Waals surface area (Å²) in [4.78, 5) is 76.1. The van der Waals surface area contributed by atoms with E-state index in [0.717, 1.165) is 0 Å². The van der Waals surface area contributed by atoms with Crippen LogP contribution in [0.1, 0.15) is 62.0 Å². The van der Waals surface area contributed by atoms with Crippen LogP contribution in [0.5, 0.6) is 11.5 Å². The lowest BCUT2D eigenvalue weighted by Gasteiger charge is -2.24. The molecule has 1 fully saturated rings. The predicted octanol–water partition coefficient (Wildman–Crippen LogP) is 6.70. The van der Waals surface area contributed by atoms with E-state index >= 15 is 0 Å². The molecule has 23 heteroatoms. The molecule has 60 heavy (non-hydrogen) atoms. The summed E-state index contributed by atoms with van der Waals surface area (Å²) in [5.74, 6) is -1.56. The van der Waals surface area contributed by atoms with Crippen molar-refractivity contribution >= 4 is 70.0 Å². The van der Waals surface area contributed by atoms with Crippen LogP contribution in [0.15, 0.2) is 48.5 Å². The number of methoxy groups -OCH3 is 2. The van der Waals surface area contributed by atoms with Crippen molar-refractivity contribution in [3.05, 3.63) is 85.4 Å². The molecular weight excluding hydrogens is 812 g/mol. The topological polar surface area (TPSA) is 275 Å². The van der Waals surface area contributed by atoms with Crippen molar-refractivity contribution in [3.63, 3.8) is 0 Å². The molecule has 2 aromatic heterocycles. The number of hydrogen-bond acceptors (Lipinski definition) is 19. The Hall–Kier alpha value is -7.10. The third-order valence-electron chi connectivity index (χ3n) is 7.94. The van der Waals surface area contributed by atoms with Gasteiger partial charge in [-0.15, -0.1) is 0 Å². The van der Waals surface area contributed by atoms with Crippen molar-refractivity contribution in [3.8, 4) is 11.5 Å². The monoisotopic (exact) mass is 854 g/mol. The molecule has 22 nitrogen and oxygen atoms in total. The largest absolute Gasteiger partial charge is 0.495 e. The summed E-state index contributed by atoms with van der Waals surface area (Å²) in [5.41, 5.74) is -2.11. The van der Waals surface area contributed by atoms with E-state index in [1.54, 1.807) is 88.0 Å². The number of nitrogens with one attached hydrogen (secondary N) is 3. The van der Waals surface area contributed by atoms with Crippen LogP contribution in [-0.4, -0.2) is 105 Å². The number of amides is 1. The molecule has 0 unspecified atom stereocenters. The number of anilines is 5. The average molecular weight is 855 g/mol. The van der Waals surface area contributed by atoms with Crippen molar-refractivity contribution in [1.29, 1.82) is 0 Å². The van der Waals surface area contributed by atoms with Crippen LogP contribution in [0.3, 0.4) is 0 Å². The number of benzene rings is 2. The minimum atomic E-state index is -0.962. The maximum absolute atomic E-state index is 12.6. The van der Waals surface area contributed by atoms with Crippen molar-refractivity contribution in [1.82, 2.24) is 24.8 Å². The Kier molecular flexibility index (Phi) is 15.6. The number of aromatic nitrogens is 4. The van der Waals surface area contributed by atoms with Crippen molar-refractivity contribution in [2.24, 2.45) is 0 Å². The van der Waals surface area contributed by atoms with Gasteiger partial charge in [-0.3, -0.25) is 20.2 Å². The summed E-state index contributed by atoms with van der Waals surface area (Å²) in [6.07, 6.45) is 0.117. The number of halogens is 1. The number of esters is 2. The van der Waals surface area contributed by atoms with E-state index in [4.69, 9.17) is 35.3 Å². The Bertz CT molecular complexity index is 2220. The van der Waals surface area contributed by atoms with Crippen molar-refractivity contribution in [2.75, 3.05) is 56.5 Å². The number of carbonyl (C=O) groups is 3. The normalized spacial score (nSPS) is 13.2. The van der Waals surface area contributed by atoms with Crippen LogP contribution in [-0.2, 0) is 14.2 Å². The van der Waals surface area contributed by atoms with E-state index in [2.05, 4.69) is 35.9 Å². The van der Waals surface area contributed by atoms with Crippen molar-refractivity contribution in [2.45, 2.75) is 52.7 Å². The first-order valence-electron chi connectivity index (χ1n) is 18.2. The highest BCUT2D eigenvalue weighted by molar-refractivity contribution is 6.28. The Morgan fingerprint density at radius 3 is 1.75 bits per heavy atom. The van der Waals surface area contributed by atoms with Gasteiger partial charge in [0.2, 0.25) is 34.3 Å². The maximum atomic E-state index is 12.6. The molecule has 1 aliphatic heterocycles. The highest BCUT2D eigenvalue weighted by Gasteiger charge is 2.34. The van der Waals surface area contributed by atoms with Gasteiger partial charge in [-0.1, -0.05) is 24.3 Å². The molecular formula is C37H43ClN10O12. The molecule has 2 aromatic carbocycles. The molecule has 1 saturated heterocycles. The number of carbonyl (C=O) groups excluding carboxylic acids is 3. The molecule has 5 rings (SSSR count). The van der Waals surface area contributed by atoms with Gasteiger partial charge < -0.3 is 44.5 Å². The molecule has 0 bridgehead atoms. The van der Waals surface area contributed by atoms with Gasteiger partial charge in [0.05, 0.1) is 48.7 Å². The van der Waals surface area contributed by atoms with E-state index in [0.29, 0.717) is 42.4 Å². The molecule has 0 saturated carbocycles. The van der Waals surface area contributed by atoms with Crippen LogP contribution >= 0.6 is 11.6 Å². The van der Waals surface area contributed by atoms with Gasteiger partial charge in [0.25, 0.3) is 0 Å². The fourth-order valence-corrected chi connectivity index (χ4v) is 5.62. The highest BCUT2D eigenvalue weighted by atomic mass is 35.5. The summed E-state index contributed by atoms with van der Waals surface area (Å²) in [5, 5.41) is 31.7. The lowest BCUT2D eigenvalue weighted by atomic mass is 10.2. The zero-order valence-corrected chi connectivity index (χ0v) is 34.4. The summed E-state index contributed by atoms with van der Waals surface area (Å²) < 4.78 is 25.7. The van der Waals surface area contributed by atoms with Crippen LogP contribution < -0.4 is 25.4 Å². The zero-order valence-electron chi connectivity index (χ0n) is 33.6. The Morgan fingerprint density at radius 2 is 1.28 bits per heavy atom. The second-order valence-electron chi connectivity index (χ2n) is 13.3. The van der Waals surface area contributed by atoms with Gasteiger partial charge in [0, 0.05) is 19.1 Å². The van der Waals surface area contributed by atoms with E-state index in [1.807, 2.05) is 0 Å². The smallest absolute Gasteiger partial charge is 0.410 e. The van der Waals surface area contributed by atoms with Gasteiger partial charge in [-0.2, -0.15) is 15.0 Å². The first-order valence-corrected chi connectivity index (χ1v) is 18.5. The first kappa shape index (κ1) is 45.6. The Balaban J connectivity index is 0.000000287. The number of nitro groups is 2. The molecule has 0 spiro atoms. The maximum Gasteiger partial charge on any atom is 0.410 e.